The number of nitrogens with zero attached hydrogens (tertiary/aromatic N) is 1. The largest absolute Gasteiger partial charge is 0.480 e. The van der Waals surface area contributed by atoms with Crippen LogP contribution in [0.4, 0.5) is 0 Å². The SMILES string of the molecule is CN=C=CNCC(=O)O. The first-order valence-electron chi connectivity index (χ1n) is 2.38. The number of carboxylic acids is 1. The van der Waals surface area contributed by atoms with Gasteiger partial charge in [-0.15, -0.1) is 0 Å². The molecule has 0 aliphatic heterocycles. The molecule has 0 aromatic rings. The Balaban J connectivity index is 3.30. The summed E-state index contributed by atoms with van der Waals surface area (Å²) in [5.74, 6) is 1.53. The van der Waals surface area contributed by atoms with Crippen LogP contribution in [-0.4, -0.2) is 30.5 Å². The van der Waals surface area contributed by atoms with Crippen LogP contribution in [-0.2, 0) is 4.79 Å². The van der Waals surface area contributed by atoms with Gasteiger partial charge in [-0.2, -0.15) is 0 Å². The first-order valence-corrected chi connectivity index (χ1v) is 2.38. The number of rotatable bonds is 3. The summed E-state index contributed by atoms with van der Waals surface area (Å²) in [7, 11) is 1.55. The van der Waals surface area contributed by atoms with E-state index in [-0.39, 0.29) is 6.54 Å². The van der Waals surface area contributed by atoms with Crippen molar-refractivity contribution in [3.8, 4) is 0 Å². The molecule has 4 heteroatoms. The van der Waals surface area contributed by atoms with Crippen LogP contribution in [0.15, 0.2) is 11.2 Å². The topological polar surface area (TPSA) is 61.7 Å². The smallest absolute Gasteiger partial charge is 0.322 e. The van der Waals surface area contributed by atoms with Gasteiger partial charge in [0, 0.05) is 7.05 Å². The van der Waals surface area contributed by atoms with E-state index in [1.54, 1.807) is 7.05 Å². The average Bonchev–Trinajstić information content (AvgIpc) is 1.80. The lowest BCUT2D eigenvalue weighted by atomic mass is 10.6. The van der Waals surface area contributed by atoms with E-state index in [1.807, 2.05) is 0 Å². The van der Waals surface area contributed by atoms with Crippen molar-refractivity contribution in [2.45, 2.75) is 0 Å². The predicted octanol–water partition coefficient (Wildman–Crippen LogP) is -0.526. The van der Waals surface area contributed by atoms with E-state index in [0.717, 1.165) is 0 Å². The maximum atomic E-state index is 9.82. The number of hydrogen-bond donors (Lipinski definition) is 2. The Morgan fingerprint density at radius 3 is 3.11 bits per heavy atom. The van der Waals surface area contributed by atoms with Gasteiger partial charge < -0.3 is 10.4 Å². The van der Waals surface area contributed by atoms with Gasteiger partial charge in [-0.05, 0) is 5.87 Å². The minimum atomic E-state index is -0.899. The Morgan fingerprint density at radius 1 is 2.00 bits per heavy atom. The highest BCUT2D eigenvalue weighted by molar-refractivity contribution is 5.69. The molecule has 0 saturated heterocycles. The van der Waals surface area contributed by atoms with E-state index in [2.05, 4.69) is 16.2 Å². The molecule has 2 N–H and O–H groups in total. The van der Waals surface area contributed by atoms with Gasteiger partial charge in [-0.3, -0.25) is 4.79 Å². The maximum absolute atomic E-state index is 9.82. The monoisotopic (exact) mass is 128 g/mol. The minimum Gasteiger partial charge on any atom is -0.480 e. The molecule has 0 aliphatic rings. The third-order valence-corrected chi connectivity index (χ3v) is 0.549. The number of aliphatic imine (C=N–C) groups is 1. The Hall–Kier alpha value is -1.28. The zero-order chi connectivity index (χ0) is 7.11. The van der Waals surface area contributed by atoms with Crippen molar-refractivity contribution in [1.82, 2.24) is 5.32 Å². The van der Waals surface area contributed by atoms with Crippen molar-refractivity contribution in [2.75, 3.05) is 13.6 Å². The summed E-state index contributed by atoms with van der Waals surface area (Å²) in [6.07, 6.45) is 1.36. The number of hydrogen-bond acceptors (Lipinski definition) is 3. The molecule has 0 atom stereocenters. The molecular formula is C5H8N2O2. The summed E-state index contributed by atoms with van der Waals surface area (Å²) < 4.78 is 0. The van der Waals surface area contributed by atoms with Gasteiger partial charge in [0.05, 0.1) is 6.20 Å². The third kappa shape index (κ3) is 6.72. The summed E-state index contributed by atoms with van der Waals surface area (Å²) in [5.41, 5.74) is 0. The fraction of sp³-hybridized carbons (Fsp3) is 0.400. The molecule has 0 saturated carbocycles. The Bertz CT molecular complexity index is 147. The van der Waals surface area contributed by atoms with Crippen LogP contribution >= 0.6 is 0 Å². The number of aliphatic carboxylic acids is 1. The Kier molecular flexibility index (Phi) is 4.18. The molecule has 0 heterocycles. The van der Waals surface area contributed by atoms with Gasteiger partial charge in [-0.25, -0.2) is 4.99 Å². The van der Waals surface area contributed by atoms with E-state index in [4.69, 9.17) is 5.11 Å². The molecule has 9 heavy (non-hydrogen) atoms. The van der Waals surface area contributed by atoms with Crippen LogP contribution in [0.1, 0.15) is 0 Å². The molecule has 0 unspecified atom stereocenters. The molecule has 0 fully saturated rings. The Labute approximate surface area is 52.9 Å². The van der Waals surface area contributed by atoms with Crippen molar-refractivity contribution >= 4 is 11.8 Å². The van der Waals surface area contributed by atoms with Crippen LogP contribution in [0, 0.1) is 0 Å². The van der Waals surface area contributed by atoms with Crippen LogP contribution in [0.25, 0.3) is 0 Å². The number of carbonyl (C=O) groups is 1. The standard InChI is InChI=1S/C5H8N2O2/c1-6-2-3-7-4-5(8)9/h3,7H,4H2,1H3,(H,8,9). The summed E-state index contributed by atoms with van der Waals surface area (Å²) in [4.78, 5) is 13.3. The van der Waals surface area contributed by atoms with Crippen LogP contribution in [0.2, 0.25) is 0 Å². The fourth-order valence-electron chi connectivity index (χ4n) is 0.249. The first-order chi connectivity index (χ1) is 4.27. The van der Waals surface area contributed by atoms with E-state index < -0.39 is 5.97 Å². The van der Waals surface area contributed by atoms with Crippen LogP contribution < -0.4 is 5.32 Å². The van der Waals surface area contributed by atoms with E-state index in [0.29, 0.717) is 0 Å². The highest BCUT2D eigenvalue weighted by Gasteiger charge is 1.88. The molecule has 0 aromatic heterocycles. The van der Waals surface area contributed by atoms with Crippen LogP contribution in [0.5, 0.6) is 0 Å². The summed E-state index contributed by atoms with van der Waals surface area (Å²) >= 11 is 0. The van der Waals surface area contributed by atoms with E-state index >= 15 is 0 Å². The van der Waals surface area contributed by atoms with Gasteiger partial charge in [0.2, 0.25) is 0 Å². The van der Waals surface area contributed by atoms with Gasteiger partial charge in [0.25, 0.3) is 0 Å². The van der Waals surface area contributed by atoms with Crippen LogP contribution in [0.3, 0.4) is 0 Å². The van der Waals surface area contributed by atoms with E-state index in [1.165, 1.54) is 6.20 Å². The molecule has 0 aromatic carbocycles. The van der Waals surface area contributed by atoms with Crippen molar-refractivity contribution in [3.63, 3.8) is 0 Å². The lowest BCUT2D eigenvalue weighted by Gasteiger charge is -1.88. The zero-order valence-electron chi connectivity index (χ0n) is 5.09. The number of nitrogens with one attached hydrogen (secondary N) is 1. The highest BCUT2D eigenvalue weighted by atomic mass is 16.4. The second-order valence-corrected chi connectivity index (χ2v) is 1.27. The summed E-state index contributed by atoms with van der Waals surface area (Å²) in [6, 6.07) is 0. The molecule has 0 radical (unpaired) electrons. The molecule has 0 amide bonds. The second-order valence-electron chi connectivity index (χ2n) is 1.27. The van der Waals surface area contributed by atoms with Crippen molar-refractivity contribution < 1.29 is 9.90 Å². The molecule has 4 nitrogen and oxygen atoms in total. The zero-order valence-corrected chi connectivity index (χ0v) is 5.09. The molecule has 0 aliphatic carbocycles. The van der Waals surface area contributed by atoms with Crippen molar-refractivity contribution in [3.05, 3.63) is 6.20 Å². The molecule has 0 spiro atoms. The normalized spacial score (nSPS) is 7.22. The second kappa shape index (κ2) is 4.87. The first kappa shape index (κ1) is 7.72. The van der Waals surface area contributed by atoms with Gasteiger partial charge in [0.15, 0.2) is 0 Å². The maximum Gasteiger partial charge on any atom is 0.322 e. The highest BCUT2D eigenvalue weighted by Crippen LogP contribution is 1.57. The van der Waals surface area contributed by atoms with Gasteiger partial charge in [0.1, 0.15) is 6.54 Å². The Morgan fingerprint density at radius 2 is 2.67 bits per heavy atom. The molecule has 0 rings (SSSR count). The van der Waals surface area contributed by atoms with Gasteiger partial charge >= 0.3 is 5.97 Å². The van der Waals surface area contributed by atoms with Crippen molar-refractivity contribution in [2.24, 2.45) is 4.99 Å². The number of carboxylic acid groups (broad SMARTS) is 1. The van der Waals surface area contributed by atoms with E-state index in [9.17, 15) is 4.79 Å². The van der Waals surface area contributed by atoms with Gasteiger partial charge in [-0.1, -0.05) is 0 Å². The summed E-state index contributed by atoms with van der Waals surface area (Å²) in [5, 5.41) is 10.5. The lowest BCUT2D eigenvalue weighted by molar-refractivity contribution is -0.135. The molecular weight excluding hydrogens is 120 g/mol. The fourth-order valence-corrected chi connectivity index (χ4v) is 0.249. The molecule has 0 bridgehead atoms. The van der Waals surface area contributed by atoms with Crippen molar-refractivity contribution in [1.29, 1.82) is 0 Å². The quantitative estimate of drug-likeness (QED) is 0.502. The predicted molar refractivity (Wildman–Crippen MR) is 33.6 cm³/mol. The average molecular weight is 128 g/mol. The lowest BCUT2D eigenvalue weighted by Crippen LogP contribution is -2.16. The molecule has 50 valence electrons. The minimum absolute atomic E-state index is 0.0947. The summed E-state index contributed by atoms with van der Waals surface area (Å²) in [6.45, 7) is -0.0947. The third-order valence-electron chi connectivity index (χ3n) is 0.549.